The van der Waals surface area contributed by atoms with E-state index in [0.717, 1.165) is 38.0 Å². The molecule has 0 saturated carbocycles. The average Bonchev–Trinajstić information content (AvgIpc) is 3.23. The monoisotopic (exact) mass is 383 g/mol. The molecule has 0 radical (unpaired) electrons. The third kappa shape index (κ3) is 4.78. The van der Waals surface area contributed by atoms with Gasteiger partial charge in [-0.1, -0.05) is 25.1 Å². The van der Waals surface area contributed by atoms with Crippen molar-refractivity contribution in [3.05, 3.63) is 48.3 Å². The number of nitrogens with zero attached hydrogens (tertiary/aromatic N) is 3. The topological polar surface area (TPSA) is 79.3 Å². The Morgan fingerprint density at radius 1 is 1.32 bits per heavy atom. The lowest BCUT2D eigenvalue weighted by molar-refractivity contribution is -0.120. The first kappa shape index (κ1) is 20.1. The van der Waals surface area contributed by atoms with Crippen LogP contribution in [0, 0.1) is 0 Å². The van der Waals surface area contributed by atoms with E-state index in [1.54, 1.807) is 17.9 Å². The van der Waals surface area contributed by atoms with Gasteiger partial charge in [-0.25, -0.2) is 0 Å². The van der Waals surface area contributed by atoms with Crippen molar-refractivity contribution >= 4 is 17.5 Å². The SMILES string of the molecule is CCCN(C(=O)c1ccn(C2CCCNC2)n1)C(C)C(=O)Nc1ccccc1. The van der Waals surface area contributed by atoms with E-state index in [-0.39, 0.29) is 17.9 Å². The lowest BCUT2D eigenvalue weighted by Gasteiger charge is -2.27. The van der Waals surface area contributed by atoms with Gasteiger partial charge in [0.2, 0.25) is 5.91 Å². The fraction of sp³-hybridized carbons (Fsp3) is 0.476. The van der Waals surface area contributed by atoms with Gasteiger partial charge in [-0.05, 0) is 50.9 Å². The van der Waals surface area contributed by atoms with Crippen LogP contribution in [0.5, 0.6) is 0 Å². The molecule has 7 nitrogen and oxygen atoms in total. The van der Waals surface area contributed by atoms with Gasteiger partial charge in [-0.3, -0.25) is 14.3 Å². The van der Waals surface area contributed by atoms with E-state index in [0.29, 0.717) is 12.2 Å². The zero-order chi connectivity index (χ0) is 19.9. The molecule has 1 aliphatic rings. The molecule has 2 N–H and O–H groups in total. The number of rotatable bonds is 7. The standard InChI is InChI=1S/C21H29N5O2/c1-3-13-25(16(2)20(27)23-17-8-5-4-6-9-17)21(28)19-11-14-26(24-19)18-10-7-12-22-15-18/h4-6,8-9,11,14,16,18,22H,3,7,10,12-13,15H2,1-2H3,(H,23,27). The Balaban J connectivity index is 1.70. The molecular formula is C21H29N5O2. The highest BCUT2D eigenvalue weighted by molar-refractivity contribution is 6.00. The lowest BCUT2D eigenvalue weighted by Crippen LogP contribution is -2.46. The molecule has 150 valence electrons. The van der Waals surface area contributed by atoms with E-state index < -0.39 is 6.04 Å². The van der Waals surface area contributed by atoms with Crippen LogP contribution in [-0.4, -0.2) is 52.2 Å². The summed E-state index contributed by atoms with van der Waals surface area (Å²) in [5.41, 5.74) is 1.11. The molecule has 0 aliphatic carbocycles. The quantitative estimate of drug-likeness (QED) is 0.770. The summed E-state index contributed by atoms with van der Waals surface area (Å²) >= 11 is 0. The number of carbonyl (C=O) groups is 2. The molecule has 2 unspecified atom stereocenters. The second kappa shape index (κ2) is 9.50. The van der Waals surface area contributed by atoms with Gasteiger partial charge >= 0.3 is 0 Å². The van der Waals surface area contributed by atoms with Crippen LogP contribution in [0.1, 0.15) is 49.6 Å². The number of carbonyl (C=O) groups excluding carboxylic acids is 2. The Labute approximate surface area is 166 Å². The van der Waals surface area contributed by atoms with Gasteiger partial charge in [0.25, 0.3) is 5.91 Å². The third-order valence-corrected chi connectivity index (χ3v) is 5.09. The predicted molar refractivity (Wildman–Crippen MR) is 109 cm³/mol. The Morgan fingerprint density at radius 3 is 2.79 bits per heavy atom. The molecule has 0 spiro atoms. The van der Waals surface area contributed by atoms with E-state index in [1.807, 2.05) is 48.1 Å². The van der Waals surface area contributed by atoms with E-state index in [1.165, 1.54) is 0 Å². The summed E-state index contributed by atoms with van der Waals surface area (Å²) in [6, 6.07) is 10.7. The van der Waals surface area contributed by atoms with Crippen molar-refractivity contribution in [2.24, 2.45) is 0 Å². The maximum atomic E-state index is 13.1. The average molecular weight is 383 g/mol. The zero-order valence-corrected chi connectivity index (χ0v) is 16.6. The number of hydrogen-bond donors (Lipinski definition) is 2. The van der Waals surface area contributed by atoms with Crippen LogP contribution in [0.15, 0.2) is 42.6 Å². The van der Waals surface area contributed by atoms with Crippen LogP contribution >= 0.6 is 0 Å². The van der Waals surface area contributed by atoms with Crippen molar-refractivity contribution in [1.82, 2.24) is 20.0 Å². The molecule has 28 heavy (non-hydrogen) atoms. The van der Waals surface area contributed by atoms with E-state index in [9.17, 15) is 9.59 Å². The summed E-state index contributed by atoms with van der Waals surface area (Å²) in [7, 11) is 0. The molecule has 1 fully saturated rings. The number of benzene rings is 1. The number of anilines is 1. The second-order valence-corrected chi connectivity index (χ2v) is 7.21. The molecular weight excluding hydrogens is 354 g/mol. The molecule has 2 atom stereocenters. The molecule has 1 aliphatic heterocycles. The first-order valence-electron chi connectivity index (χ1n) is 10.0. The normalized spacial score (nSPS) is 17.7. The number of aromatic nitrogens is 2. The third-order valence-electron chi connectivity index (χ3n) is 5.09. The molecule has 2 aromatic rings. The van der Waals surface area contributed by atoms with E-state index in [4.69, 9.17) is 0 Å². The van der Waals surface area contributed by atoms with Gasteiger partial charge < -0.3 is 15.5 Å². The highest BCUT2D eigenvalue weighted by Gasteiger charge is 2.28. The lowest BCUT2D eigenvalue weighted by atomic mass is 10.1. The number of amides is 2. The van der Waals surface area contributed by atoms with Crippen molar-refractivity contribution in [2.75, 3.05) is 25.0 Å². The highest BCUT2D eigenvalue weighted by Crippen LogP contribution is 2.17. The maximum Gasteiger partial charge on any atom is 0.275 e. The number of hydrogen-bond acceptors (Lipinski definition) is 4. The van der Waals surface area contributed by atoms with Crippen molar-refractivity contribution in [2.45, 2.75) is 45.2 Å². The minimum atomic E-state index is -0.589. The van der Waals surface area contributed by atoms with Gasteiger partial charge in [-0.15, -0.1) is 0 Å². The molecule has 2 heterocycles. The fourth-order valence-electron chi connectivity index (χ4n) is 3.48. The summed E-state index contributed by atoms with van der Waals surface area (Å²) in [6.07, 6.45) is 4.79. The minimum absolute atomic E-state index is 0.205. The van der Waals surface area contributed by atoms with Crippen molar-refractivity contribution in [3.8, 4) is 0 Å². The van der Waals surface area contributed by atoms with Crippen molar-refractivity contribution < 1.29 is 9.59 Å². The molecule has 0 bridgehead atoms. The van der Waals surface area contributed by atoms with Crippen LogP contribution in [0.4, 0.5) is 5.69 Å². The molecule has 7 heteroatoms. The van der Waals surface area contributed by atoms with Gasteiger partial charge in [0.1, 0.15) is 11.7 Å². The summed E-state index contributed by atoms with van der Waals surface area (Å²) in [5.74, 6) is -0.413. The Bertz CT molecular complexity index is 783. The fourth-order valence-corrected chi connectivity index (χ4v) is 3.48. The molecule has 3 rings (SSSR count). The van der Waals surface area contributed by atoms with E-state index >= 15 is 0 Å². The van der Waals surface area contributed by atoms with Crippen molar-refractivity contribution in [3.63, 3.8) is 0 Å². The smallest absolute Gasteiger partial charge is 0.275 e. The molecule has 1 aromatic carbocycles. The van der Waals surface area contributed by atoms with Crippen LogP contribution < -0.4 is 10.6 Å². The zero-order valence-electron chi connectivity index (χ0n) is 16.6. The second-order valence-electron chi connectivity index (χ2n) is 7.21. The highest BCUT2D eigenvalue weighted by atomic mass is 16.2. The summed E-state index contributed by atoms with van der Waals surface area (Å²) in [5, 5.41) is 10.8. The van der Waals surface area contributed by atoms with Crippen LogP contribution in [-0.2, 0) is 4.79 Å². The van der Waals surface area contributed by atoms with E-state index in [2.05, 4.69) is 15.7 Å². The number of para-hydroxylation sites is 1. The Kier molecular flexibility index (Phi) is 6.81. The van der Waals surface area contributed by atoms with Crippen LogP contribution in [0.25, 0.3) is 0 Å². The molecule has 1 saturated heterocycles. The first-order chi connectivity index (χ1) is 13.6. The van der Waals surface area contributed by atoms with Crippen LogP contribution in [0.2, 0.25) is 0 Å². The predicted octanol–water partition coefficient (Wildman–Crippen LogP) is 2.69. The van der Waals surface area contributed by atoms with Crippen LogP contribution in [0.3, 0.4) is 0 Å². The molecule has 1 aromatic heterocycles. The number of piperidine rings is 1. The van der Waals surface area contributed by atoms with Gasteiger partial charge in [-0.2, -0.15) is 5.10 Å². The first-order valence-corrected chi connectivity index (χ1v) is 10.0. The summed E-state index contributed by atoms with van der Waals surface area (Å²) < 4.78 is 1.87. The largest absolute Gasteiger partial charge is 0.326 e. The van der Waals surface area contributed by atoms with Gasteiger partial charge in [0, 0.05) is 25.0 Å². The number of nitrogens with one attached hydrogen (secondary N) is 2. The minimum Gasteiger partial charge on any atom is -0.326 e. The van der Waals surface area contributed by atoms with Crippen molar-refractivity contribution in [1.29, 1.82) is 0 Å². The molecule has 2 amide bonds. The summed E-state index contributed by atoms with van der Waals surface area (Å²) in [6.45, 7) is 6.15. The summed E-state index contributed by atoms with van der Waals surface area (Å²) in [4.78, 5) is 27.4. The Morgan fingerprint density at radius 2 is 2.11 bits per heavy atom. The van der Waals surface area contributed by atoms with Gasteiger partial charge in [0.05, 0.1) is 6.04 Å². The maximum absolute atomic E-state index is 13.1. The Hall–Kier alpha value is -2.67. The van der Waals surface area contributed by atoms with Gasteiger partial charge in [0.15, 0.2) is 0 Å².